The van der Waals surface area contributed by atoms with Crippen LogP contribution in [0.4, 0.5) is 5.69 Å². The molecule has 0 aliphatic rings. The van der Waals surface area contributed by atoms with Gasteiger partial charge in [0, 0.05) is 10.6 Å². The van der Waals surface area contributed by atoms with Crippen molar-refractivity contribution < 1.29 is 0 Å². The van der Waals surface area contributed by atoms with Crippen molar-refractivity contribution >= 4 is 23.1 Å². The number of rotatable bonds is 2. The minimum Gasteiger partial charge on any atom is -0.383 e. The molecular formula is C14H13ClN2. The van der Waals surface area contributed by atoms with Crippen molar-refractivity contribution in [1.29, 1.82) is 0 Å². The highest BCUT2D eigenvalue weighted by Gasteiger charge is 2.00. The molecule has 0 heterocycles. The van der Waals surface area contributed by atoms with E-state index in [9.17, 15) is 0 Å². The van der Waals surface area contributed by atoms with Crippen molar-refractivity contribution in [2.45, 2.75) is 6.92 Å². The molecule has 86 valence electrons. The number of nitrogens with zero attached hydrogens (tertiary/aromatic N) is 1. The van der Waals surface area contributed by atoms with E-state index >= 15 is 0 Å². The van der Waals surface area contributed by atoms with E-state index < -0.39 is 0 Å². The van der Waals surface area contributed by atoms with Crippen molar-refractivity contribution in [1.82, 2.24) is 0 Å². The molecule has 17 heavy (non-hydrogen) atoms. The van der Waals surface area contributed by atoms with Crippen LogP contribution in [0.5, 0.6) is 0 Å². The van der Waals surface area contributed by atoms with Gasteiger partial charge in [-0.3, -0.25) is 0 Å². The van der Waals surface area contributed by atoms with Crippen molar-refractivity contribution in [3.8, 4) is 0 Å². The first-order valence-electron chi connectivity index (χ1n) is 5.32. The quantitative estimate of drug-likeness (QED) is 0.635. The molecule has 0 atom stereocenters. The number of hydrogen-bond acceptors (Lipinski definition) is 1. The molecule has 2 nitrogen and oxygen atoms in total. The molecule has 0 fully saturated rings. The van der Waals surface area contributed by atoms with Crippen LogP contribution in [0.25, 0.3) is 0 Å². The lowest BCUT2D eigenvalue weighted by atomic mass is 10.2. The van der Waals surface area contributed by atoms with Crippen LogP contribution in [0.3, 0.4) is 0 Å². The zero-order valence-electron chi connectivity index (χ0n) is 9.52. The summed E-state index contributed by atoms with van der Waals surface area (Å²) in [5, 5.41) is 0.708. The van der Waals surface area contributed by atoms with Gasteiger partial charge in [-0.1, -0.05) is 41.9 Å². The highest BCUT2D eigenvalue weighted by molar-refractivity contribution is 6.30. The third kappa shape index (κ3) is 2.86. The summed E-state index contributed by atoms with van der Waals surface area (Å²) in [6.45, 7) is 1.96. The monoisotopic (exact) mass is 244 g/mol. The average Bonchev–Trinajstić information content (AvgIpc) is 2.34. The first-order valence-corrected chi connectivity index (χ1v) is 5.70. The fourth-order valence-electron chi connectivity index (χ4n) is 1.55. The molecule has 0 spiro atoms. The van der Waals surface area contributed by atoms with Gasteiger partial charge in [-0.15, -0.1) is 0 Å². The van der Waals surface area contributed by atoms with Crippen molar-refractivity contribution in [3.05, 3.63) is 64.7 Å². The summed E-state index contributed by atoms with van der Waals surface area (Å²) in [5.41, 5.74) is 8.72. The van der Waals surface area contributed by atoms with E-state index in [0.29, 0.717) is 10.9 Å². The van der Waals surface area contributed by atoms with Gasteiger partial charge in [0.05, 0.1) is 5.69 Å². The number of hydrogen-bond donors (Lipinski definition) is 1. The maximum Gasteiger partial charge on any atom is 0.131 e. The number of halogens is 1. The molecule has 0 aliphatic carbocycles. The lowest BCUT2D eigenvalue weighted by molar-refractivity contribution is 1.37. The van der Waals surface area contributed by atoms with E-state index in [2.05, 4.69) is 4.99 Å². The fraction of sp³-hybridized carbons (Fsp3) is 0.0714. The first-order chi connectivity index (χ1) is 8.16. The molecule has 0 radical (unpaired) electrons. The first kappa shape index (κ1) is 11.7. The third-order valence-corrected chi connectivity index (χ3v) is 2.70. The molecular weight excluding hydrogens is 232 g/mol. The Balaban J connectivity index is 2.36. The molecule has 2 N–H and O–H groups in total. The zero-order chi connectivity index (χ0) is 12.3. The topological polar surface area (TPSA) is 38.4 Å². The summed E-state index contributed by atoms with van der Waals surface area (Å²) in [5.74, 6) is 0.510. The highest BCUT2D eigenvalue weighted by atomic mass is 35.5. The van der Waals surface area contributed by atoms with Crippen LogP contribution >= 0.6 is 11.6 Å². The van der Waals surface area contributed by atoms with Gasteiger partial charge in [-0.2, -0.15) is 0 Å². The number of aliphatic imine (C=N–C) groups is 1. The molecule has 0 amide bonds. The Morgan fingerprint density at radius 3 is 2.47 bits per heavy atom. The molecule has 0 aliphatic heterocycles. The second kappa shape index (κ2) is 5.02. The SMILES string of the molecule is Cc1cc(Cl)ccc1N=C(N)c1ccccc1. The number of benzene rings is 2. The van der Waals surface area contributed by atoms with Gasteiger partial charge in [0.15, 0.2) is 0 Å². The summed E-state index contributed by atoms with van der Waals surface area (Å²) >= 11 is 5.89. The van der Waals surface area contributed by atoms with Crippen LogP contribution in [0, 0.1) is 6.92 Å². The maximum atomic E-state index is 5.95. The lowest BCUT2D eigenvalue weighted by Crippen LogP contribution is -2.12. The van der Waals surface area contributed by atoms with E-state index in [0.717, 1.165) is 16.8 Å². The summed E-state index contributed by atoms with van der Waals surface area (Å²) < 4.78 is 0. The maximum absolute atomic E-state index is 5.95. The van der Waals surface area contributed by atoms with E-state index in [4.69, 9.17) is 17.3 Å². The molecule has 0 aromatic heterocycles. The Hall–Kier alpha value is -1.80. The Kier molecular flexibility index (Phi) is 3.45. The van der Waals surface area contributed by atoms with Gasteiger partial charge < -0.3 is 5.73 Å². The van der Waals surface area contributed by atoms with E-state index in [1.54, 1.807) is 0 Å². The molecule has 2 aromatic carbocycles. The third-order valence-electron chi connectivity index (χ3n) is 2.47. The van der Waals surface area contributed by atoms with Crippen LogP contribution in [0.2, 0.25) is 5.02 Å². The van der Waals surface area contributed by atoms with Crippen LogP contribution in [0.15, 0.2) is 53.5 Å². The van der Waals surface area contributed by atoms with Gasteiger partial charge in [0.25, 0.3) is 0 Å². The van der Waals surface area contributed by atoms with Gasteiger partial charge in [-0.05, 0) is 30.7 Å². The Morgan fingerprint density at radius 1 is 1.12 bits per heavy atom. The lowest BCUT2D eigenvalue weighted by Gasteiger charge is -2.03. The molecule has 0 saturated heterocycles. The van der Waals surface area contributed by atoms with Crippen molar-refractivity contribution in [2.75, 3.05) is 0 Å². The zero-order valence-corrected chi connectivity index (χ0v) is 10.3. The molecule has 3 heteroatoms. The normalized spacial score (nSPS) is 11.5. The molecule has 2 aromatic rings. The second-order valence-electron chi connectivity index (χ2n) is 3.79. The van der Waals surface area contributed by atoms with Gasteiger partial charge >= 0.3 is 0 Å². The van der Waals surface area contributed by atoms with Gasteiger partial charge in [0.1, 0.15) is 5.84 Å². The van der Waals surface area contributed by atoms with Gasteiger partial charge in [0.2, 0.25) is 0 Å². The second-order valence-corrected chi connectivity index (χ2v) is 4.23. The van der Waals surface area contributed by atoms with Crippen LogP contribution < -0.4 is 5.73 Å². The predicted molar refractivity (Wildman–Crippen MR) is 73.0 cm³/mol. The van der Waals surface area contributed by atoms with Crippen LogP contribution in [0.1, 0.15) is 11.1 Å². The average molecular weight is 245 g/mol. The standard InChI is InChI=1S/C14H13ClN2/c1-10-9-12(15)7-8-13(10)17-14(16)11-5-3-2-4-6-11/h2-9H,1H3,(H2,16,17). The molecule has 0 unspecified atom stereocenters. The van der Waals surface area contributed by atoms with E-state index in [1.807, 2.05) is 55.5 Å². The predicted octanol–water partition coefficient (Wildman–Crippen LogP) is 3.69. The largest absolute Gasteiger partial charge is 0.383 e. The fourth-order valence-corrected chi connectivity index (χ4v) is 1.77. The molecule has 0 bridgehead atoms. The summed E-state index contributed by atoms with van der Waals surface area (Å²) in [6.07, 6.45) is 0. The van der Waals surface area contributed by atoms with E-state index in [-0.39, 0.29) is 0 Å². The summed E-state index contributed by atoms with van der Waals surface area (Å²) in [7, 11) is 0. The van der Waals surface area contributed by atoms with E-state index in [1.165, 1.54) is 0 Å². The number of aryl methyl sites for hydroxylation is 1. The number of nitrogens with two attached hydrogens (primary N) is 1. The van der Waals surface area contributed by atoms with Crippen molar-refractivity contribution in [3.63, 3.8) is 0 Å². The molecule has 2 rings (SSSR count). The minimum absolute atomic E-state index is 0.510. The minimum atomic E-state index is 0.510. The summed E-state index contributed by atoms with van der Waals surface area (Å²) in [4.78, 5) is 4.41. The number of amidine groups is 1. The van der Waals surface area contributed by atoms with Crippen molar-refractivity contribution in [2.24, 2.45) is 10.7 Å². The Morgan fingerprint density at radius 2 is 1.82 bits per heavy atom. The smallest absolute Gasteiger partial charge is 0.131 e. The molecule has 0 saturated carbocycles. The summed E-state index contributed by atoms with van der Waals surface area (Å²) in [6, 6.07) is 15.2. The Labute approximate surface area is 106 Å². The van der Waals surface area contributed by atoms with Crippen LogP contribution in [-0.2, 0) is 0 Å². The van der Waals surface area contributed by atoms with Gasteiger partial charge in [-0.25, -0.2) is 4.99 Å². The highest BCUT2D eigenvalue weighted by Crippen LogP contribution is 2.22. The van der Waals surface area contributed by atoms with Crippen LogP contribution in [-0.4, -0.2) is 5.84 Å². The Bertz CT molecular complexity index is 547.